The van der Waals surface area contributed by atoms with Crippen LogP contribution in [0.2, 0.25) is 0 Å². The standard InChI is InChI=1S/C13H21N3S/c1-8(2)12-15-13(17-16-12)14-7-11(9-3-4-9)10-5-6-10/h8-11H,3-7H2,1-2H3,(H,14,15,16). The number of anilines is 1. The zero-order valence-electron chi connectivity index (χ0n) is 10.6. The molecule has 94 valence electrons. The van der Waals surface area contributed by atoms with Crippen LogP contribution in [0.15, 0.2) is 0 Å². The van der Waals surface area contributed by atoms with Crippen molar-refractivity contribution in [2.75, 3.05) is 11.9 Å². The lowest BCUT2D eigenvalue weighted by Gasteiger charge is -2.15. The van der Waals surface area contributed by atoms with Gasteiger partial charge in [0.1, 0.15) is 5.82 Å². The van der Waals surface area contributed by atoms with E-state index in [4.69, 9.17) is 0 Å². The lowest BCUT2D eigenvalue weighted by molar-refractivity contribution is 0.428. The maximum atomic E-state index is 4.54. The van der Waals surface area contributed by atoms with E-state index in [0.717, 1.165) is 35.3 Å². The molecule has 2 aliphatic rings. The number of hydrogen-bond acceptors (Lipinski definition) is 4. The molecule has 3 nitrogen and oxygen atoms in total. The maximum absolute atomic E-state index is 4.54. The van der Waals surface area contributed by atoms with Crippen LogP contribution in [0.5, 0.6) is 0 Å². The molecule has 4 heteroatoms. The van der Waals surface area contributed by atoms with Gasteiger partial charge < -0.3 is 5.32 Å². The van der Waals surface area contributed by atoms with Crippen LogP contribution < -0.4 is 5.32 Å². The van der Waals surface area contributed by atoms with Gasteiger partial charge in [-0.05, 0) is 43.4 Å². The summed E-state index contributed by atoms with van der Waals surface area (Å²) in [6, 6.07) is 0. The van der Waals surface area contributed by atoms with Gasteiger partial charge in [0.2, 0.25) is 5.13 Å². The average molecular weight is 251 g/mol. The van der Waals surface area contributed by atoms with Gasteiger partial charge >= 0.3 is 0 Å². The van der Waals surface area contributed by atoms with Gasteiger partial charge in [0.25, 0.3) is 0 Å². The maximum Gasteiger partial charge on any atom is 0.202 e. The third-order valence-electron chi connectivity index (χ3n) is 3.90. The summed E-state index contributed by atoms with van der Waals surface area (Å²) in [5.74, 6) is 4.33. The smallest absolute Gasteiger partial charge is 0.202 e. The van der Waals surface area contributed by atoms with Crippen LogP contribution in [0.3, 0.4) is 0 Å². The fourth-order valence-electron chi connectivity index (χ4n) is 2.51. The zero-order valence-corrected chi connectivity index (χ0v) is 11.5. The first kappa shape index (κ1) is 11.5. The van der Waals surface area contributed by atoms with Gasteiger partial charge in [-0.25, -0.2) is 4.98 Å². The molecular formula is C13H21N3S. The Kier molecular flexibility index (Phi) is 3.07. The molecule has 0 spiro atoms. The third kappa shape index (κ3) is 2.79. The second-order valence-electron chi connectivity index (χ2n) is 5.83. The van der Waals surface area contributed by atoms with Crippen LogP contribution in [0, 0.1) is 17.8 Å². The van der Waals surface area contributed by atoms with Crippen LogP contribution in [0.4, 0.5) is 5.13 Å². The summed E-state index contributed by atoms with van der Waals surface area (Å²) >= 11 is 1.51. The van der Waals surface area contributed by atoms with E-state index in [-0.39, 0.29) is 0 Å². The molecule has 0 atom stereocenters. The van der Waals surface area contributed by atoms with Crippen molar-refractivity contribution in [3.63, 3.8) is 0 Å². The molecule has 2 aliphatic carbocycles. The van der Waals surface area contributed by atoms with Gasteiger partial charge in [-0.3, -0.25) is 0 Å². The van der Waals surface area contributed by atoms with Crippen molar-refractivity contribution in [3.05, 3.63) is 5.82 Å². The highest BCUT2D eigenvalue weighted by molar-refractivity contribution is 7.09. The summed E-state index contributed by atoms with van der Waals surface area (Å²) < 4.78 is 4.38. The Hall–Kier alpha value is -0.640. The Bertz CT molecular complexity index is 368. The molecule has 17 heavy (non-hydrogen) atoms. The van der Waals surface area contributed by atoms with Gasteiger partial charge in [-0.1, -0.05) is 13.8 Å². The topological polar surface area (TPSA) is 37.8 Å². The minimum Gasteiger partial charge on any atom is -0.360 e. The summed E-state index contributed by atoms with van der Waals surface area (Å²) in [7, 11) is 0. The molecule has 0 bridgehead atoms. The molecule has 0 unspecified atom stereocenters. The van der Waals surface area contributed by atoms with E-state index in [1.807, 2.05) is 0 Å². The first-order chi connectivity index (χ1) is 8.24. The average Bonchev–Trinajstić information content (AvgIpc) is 3.20. The van der Waals surface area contributed by atoms with Gasteiger partial charge in [0.05, 0.1) is 0 Å². The van der Waals surface area contributed by atoms with Crippen molar-refractivity contribution in [1.82, 2.24) is 9.36 Å². The Morgan fingerprint density at radius 3 is 2.35 bits per heavy atom. The van der Waals surface area contributed by atoms with Crippen molar-refractivity contribution < 1.29 is 0 Å². The minimum atomic E-state index is 0.435. The Morgan fingerprint density at radius 1 is 1.24 bits per heavy atom. The minimum absolute atomic E-state index is 0.435. The van der Waals surface area contributed by atoms with E-state index in [1.54, 1.807) is 0 Å². The van der Waals surface area contributed by atoms with Crippen LogP contribution in [0.1, 0.15) is 51.3 Å². The predicted molar refractivity (Wildman–Crippen MR) is 71.4 cm³/mol. The lowest BCUT2D eigenvalue weighted by Crippen LogP contribution is -2.18. The number of aromatic nitrogens is 2. The molecule has 3 rings (SSSR count). The first-order valence-electron chi connectivity index (χ1n) is 6.81. The molecule has 0 aliphatic heterocycles. The molecular weight excluding hydrogens is 230 g/mol. The van der Waals surface area contributed by atoms with Crippen molar-refractivity contribution in [2.45, 2.75) is 45.4 Å². The second kappa shape index (κ2) is 4.56. The van der Waals surface area contributed by atoms with Crippen LogP contribution in [-0.4, -0.2) is 15.9 Å². The second-order valence-corrected chi connectivity index (χ2v) is 6.58. The molecule has 0 aromatic carbocycles. The third-order valence-corrected chi connectivity index (χ3v) is 4.59. The molecule has 1 aromatic rings. The van der Waals surface area contributed by atoms with Gasteiger partial charge in [0, 0.05) is 24.0 Å². The van der Waals surface area contributed by atoms with Crippen molar-refractivity contribution in [3.8, 4) is 0 Å². The quantitative estimate of drug-likeness (QED) is 0.840. The van der Waals surface area contributed by atoms with Crippen molar-refractivity contribution in [1.29, 1.82) is 0 Å². The van der Waals surface area contributed by atoms with E-state index in [2.05, 4.69) is 28.5 Å². The Morgan fingerprint density at radius 2 is 1.88 bits per heavy atom. The number of nitrogens with zero attached hydrogens (tertiary/aromatic N) is 2. The normalized spacial score (nSPS) is 20.2. The highest BCUT2D eigenvalue weighted by atomic mass is 32.1. The van der Waals surface area contributed by atoms with E-state index >= 15 is 0 Å². The van der Waals surface area contributed by atoms with Crippen LogP contribution in [0.25, 0.3) is 0 Å². The largest absolute Gasteiger partial charge is 0.360 e. The highest BCUT2D eigenvalue weighted by Crippen LogP contribution is 2.49. The summed E-state index contributed by atoms with van der Waals surface area (Å²) in [4.78, 5) is 4.54. The summed E-state index contributed by atoms with van der Waals surface area (Å²) in [5, 5.41) is 4.52. The lowest BCUT2D eigenvalue weighted by atomic mass is 9.98. The van der Waals surface area contributed by atoms with Crippen molar-refractivity contribution >= 4 is 16.7 Å². The van der Waals surface area contributed by atoms with Gasteiger partial charge in [-0.2, -0.15) is 4.37 Å². The molecule has 0 amide bonds. The molecule has 1 N–H and O–H groups in total. The monoisotopic (exact) mass is 251 g/mol. The Balaban J connectivity index is 1.54. The molecule has 1 heterocycles. The predicted octanol–water partition coefficient (Wildman–Crippen LogP) is 3.51. The van der Waals surface area contributed by atoms with E-state index in [0.29, 0.717) is 5.92 Å². The van der Waals surface area contributed by atoms with Crippen LogP contribution >= 0.6 is 11.5 Å². The molecule has 2 saturated carbocycles. The summed E-state index contributed by atoms with van der Waals surface area (Å²) in [6.07, 6.45) is 5.82. The number of rotatable bonds is 6. The molecule has 1 aromatic heterocycles. The van der Waals surface area contributed by atoms with Crippen molar-refractivity contribution in [2.24, 2.45) is 17.8 Å². The van der Waals surface area contributed by atoms with E-state index < -0.39 is 0 Å². The van der Waals surface area contributed by atoms with Gasteiger partial charge in [0.15, 0.2) is 0 Å². The first-order valence-corrected chi connectivity index (χ1v) is 7.59. The molecule has 0 saturated heterocycles. The Labute approximate surface area is 107 Å². The van der Waals surface area contributed by atoms with Crippen LogP contribution in [-0.2, 0) is 0 Å². The summed E-state index contributed by atoms with van der Waals surface area (Å²) in [5.41, 5.74) is 0. The number of hydrogen-bond donors (Lipinski definition) is 1. The molecule has 0 radical (unpaired) electrons. The zero-order chi connectivity index (χ0) is 11.8. The van der Waals surface area contributed by atoms with E-state index in [1.165, 1.54) is 37.2 Å². The van der Waals surface area contributed by atoms with E-state index in [9.17, 15) is 0 Å². The number of nitrogens with one attached hydrogen (secondary N) is 1. The fraction of sp³-hybridized carbons (Fsp3) is 0.846. The summed E-state index contributed by atoms with van der Waals surface area (Å²) in [6.45, 7) is 5.40. The fourth-order valence-corrected chi connectivity index (χ4v) is 3.23. The SMILES string of the molecule is CC(C)c1nsc(NCC(C2CC2)C2CC2)n1. The van der Waals surface area contributed by atoms with Gasteiger partial charge in [-0.15, -0.1) is 0 Å². The molecule has 2 fully saturated rings. The highest BCUT2D eigenvalue weighted by Gasteiger charge is 2.41.